The van der Waals surface area contributed by atoms with Gasteiger partial charge in [0.1, 0.15) is 5.78 Å². The van der Waals surface area contributed by atoms with Gasteiger partial charge >= 0.3 is 0 Å². The SMILES string of the molecule is C[C@@]12CCC[C@H]1[C@@H]1CCC3CC(=O)C=C[C@]3(C)[C@H]1C(=O)C2. The van der Waals surface area contributed by atoms with Crippen LogP contribution in [-0.4, -0.2) is 11.6 Å². The molecule has 4 aliphatic rings. The van der Waals surface area contributed by atoms with Gasteiger partial charge in [0, 0.05) is 18.8 Å². The molecule has 21 heavy (non-hydrogen) atoms. The van der Waals surface area contributed by atoms with Crippen molar-refractivity contribution >= 4 is 11.6 Å². The Morgan fingerprint density at radius 1 is 1.14 bits per heavy atom. The van der Waals surface area contributed by atoms with Crippen molar-refractivity contribution in [3.63, 3.8) is 0 Å². The van der Waals surface area contributed by atoms with E-state index in [1.54, 1.807) is 6.08 Å². The molecule has 0 aromatic carbocycles. The maximum absolute atomic E-state index is 13.0. The summed E-state index contributed by atoms with van der Waals surface area (Å²) in [6.45, 7) is 4.61. The number of carbonyl (C=O) groups is 2. The molecule has 0 radical (unpaired) electrons. The van der Waals surface area contributed by atoms with Crippen molar-refractivity contribution in [2.24, 2.45) is 34.5 Å². The van der Waals surface area contributed by atoms with Crippen LogP contribution >= 0.6 is 0 Å². The Labute approximate surface area is 127 Å². The number of hydrogen-bond donors (Lipinski definition) is 0. The first-order chi connectivity index (χ1) is 9.94. The highest BCUT2D eigenvalue weighted by atomic mass is 16.1. The topological polar surface area (TPSA) is 34.1 Å². The lowest BCUT2D eigenvalue weighted by Crippen LogP contribution is -2.55. The lowest BCUT2D eigenvalue weighted by Gasteiger charge is -2.57. The summed E-state index contributed by atoms with van der Waals surface area (Å²) in [4.78, 5) is 24.8. The maximum Gasteiger partial charge on any atom is 0.155 e. The van der Waals surface area contributed by atoms with E-state index in [-0.39, 0.29) is 22.5 Å². The van der Waals surface area contributed by atoms with Gasteiger partial charge in [-0.1, -0.05) is 26.3 Å². The first-order valence-corrected chi connectivity index (χ1v) is 8.69. The van der Waals surface area contributed by atoms with E-state index in [1.807, 2.05) is 0 Å². The number of allylic oxidation sites excluding steroid dienone is 2. The van der Waals surface area contributed by atoms with E-state index in [9.17, 15) is 9.59 Å². The molecule has 2 heteroatoms. The molecule has 0 aromatic heterocycles. The molecule has 1 unspecified atom stereocenters. The van der Waals surface area contributed by atoms with Crippen LogP contribution in [0.1, 0.15) is 58.8 Å². The highest BCUT2D eigenvalue weighted by Crippen LogP contribution is 2.63. The lowest BCUT2D eigenvalue weighted by molar-refractivity contribution is -0.149. The Bertz CT molecular complexity index is 534. The molecule has 4 rings (SSSR count). The van der Waals surface area contributed by atoms with Crippen molar-refractivity contribution in [3.05, 3.63) is 12.2 Å². The summed E-state index contributed by atoms with van der Waals surface area (Å²) < 4.78 is 0. The molecular formula is C19H26O2. The van der Waals surface area contributed by atoms with E-state index in [4.69, 9.17) is 0 Å². The second kappa shape index (κ2) is 4.30. The Kier molecular flexibility index (Phi) is 2.81. The van der Waals surface area contributed by atoms with E-state index in [1.165, 1.54) is 19.3 Å². The van der Waals surface area contributed by atoms with Crippen LogP contribution in [-0.2, 0) is 9.59 Å². The quantitative estimate of drug-likeness (QED) is 0.676. The molecule has 0 bridgehead atoms. The maximum atomic E-state index is 13.0. The molecule has 0 N–H and O–H groups in total. The van der Waals surface area contributed by atoms with Crippen molar-refractivity contribution in [1.29, 1.82) is 0 Å². The van der Waals surface area contributed by atoms with Crippen molar-refractivity contribution in [2.45, 2.75) is 58.8 Å². The van der Waals surface area contributed by atoms with Gasteiger partial charge in [-0.15, -0.1) is 0 Å². The molecule has 114 valence electrons. The largest absolute Gasteiger partial charge is 0.299 e. The Balaban J connectivity index is 1.75. The van der Waals surface area contributed by atoms with E-state index < -0.39 is 0 Å². The number of ketones is 2. The predicted molar refractivity (Wildman–Crippen MR) is 81.6 cm³/mol. The van der Waals surface area contributed by atoms with Gasteiger partial charge in [0.05, 0.1) is 0 Å². The van der Waals surface area contributed by atoms with E-state index >= 15 is 0 Å². The summed E-state index contributed by atoms with van der Waals surface area (Å²) in [5.74, 6) is 2.63. The normalized spacial score (nSPS) is 52.3. The van der Waals surface area contributed by atoms with Gasteiger partial charge in [-0.25, -0.2) is 0 Å². The molecule has 0 saturated heterocycles. The minimum Gasteiger partial charge on any atom is -0.299 e. The molecule has 0 aromatic rings. The summed E-state index contributed by atoms with van der Waals surface area (Å²) in [6, 6.07) is 0. The smallest absolute Gasteiger partial charge is 0.155 e. The minimum atomic E-state index is -0.0577. The number of Topliss-reactive ketones (excluding diaryl/α,β-unsaturated/α-hetero) is 1. The number of hydrogen-bond acceptors (Lipinski definition) is 2. The highest BCUT2D eigenvalue weighted by Gasteiger charge is 2.60. The van der Waals surface area contributed by atoms with Gasteiger partial charge in [-0.2, -0.15) is 0 Å². The van der Waals surface area contributed by atoms with Crippen LogP contribution in [0.25, 0.3) is 0 Å². The molecule has 3 fully saturated rings. The average molecular weight is 286 g/mol. The average Bonchev–Trinajstić information content (AvgIpc) is 2.80. The molecule has 6 atom stereocenters. The van der Waals surface area contributed by atoms with E-state index in [0.29, 0.717) is 24.0 Å². The third-order valence-corrected chi connectivity index (χ3v) is 7.50. The van der Waals surface area contributed by atoms with Gasteiger partial charge in [0.15, 0.2) is 5.78 Å². The predicted octanol–water partition coefficient (Wildman–Crippen LogP) is 3.94. The standard InChI is InChI=1S/C19H26O2/c1-18-8-3-4-15(18)14-6-5-12-10-13(20)7-9-19(12,2)17(14)16(21)11-18/h7,9,12,14-15,17H,3-6,8,10-11H2,1-2H3/t12?,14-,15-,17+,18-,19-/m0/s1. The van der Waals surface area contributed by atoms with Crippen molar-refractivity contribution < 1.29 is 9.59 Å². The zero-order chi connectivity index (χ0) is 14.8. The second-order valence-electron chi connectivity index (χ2n) is 8.58. The Morgan fingerprint density at radius 3 is 2.76 bits per heavy atom. The summed E-state index contributed by atoms with van der Waals surface area (Å²) >= 11 is 0. The fraction of sp³-hybridized carbons (Fsp3) is 0.789. The zero-order valence-corrected chi connectivity index (χ0v) is 13.2. The van der Waals surface area contributed by atoms with Crippen LogP contribution in [0.15, 0.2) is 12.2 Å². The molecule has 0 aliphatic heterocycles. The summed E-state index contributed by atoms with van der Waals surface area (Å²) in [6.07, 6.45) is 11.5. The van der Waals surface area contributed by atoms with Gasteiger partial charge in [0.2, 0.25) is 0 Å². The van der Waals surface area contributed by atoms with Crippen LogP contribution in [0.5, 0.6) is 0 Å². The van der Waals surface area contributed by atoms with Crippen LogP contribution in [0.2, 0.25) is 0 Å². The summed E-state index contributed by atoms with van der Waals surface area (Å²) in [5, 5.41) is 0. The minimum absolute atomic E-state index is 0.0577. The zero-order valence-electron chi connectivity index (χ0n) is 13.2. The van der Waals surface area contributed by atoms with Crippen LogP contribution in [0, 0.1) is 34.5 Å². The van der Waals surface area contributed by atoms with Crippen LogP contribution in [0.4, 0.5) is 0 Å². The monoisotopic (exact) mass is 286 g/mol. The second-order valence-corrected chi connectivity index (χ2v) is 8.58. The van der Waals surface area contributed by atoms with Crippen LogP contribution in [0.3, 0.4) is 0 Å². The molecule has 3 saturated carbocycles. The van der Waals surface area contributed by atoms with Crippen molar-refractivity contribution in [2.75, 3.05) is 0 Å². The summed E-state index contributed by atoms with van der Waals surface area (Å²) in [5.41, 5.74) is 0.216. The molecule has 4 aliphatic carbocycles. The first kappa shape index (κ1) is 13.7. The van der Waals surface area contributed by atoms with Gasteiger partial charge in [-0.3, -0.25) is 9.59 Å². The lowest BCUT2D eigenvalue weighted by atomic mass is 9.46. The van der Waals surface area contributed by atoms with Crippen molar-refractivity contribution in [1.82, 2.24) is 0 Å². The number of carbonyl (C=O) groups excluding carboxylic acids is 2. The highest BCUT2D eigenvalue weighted by molar-refractivity contribution is 5.92. The number of rotatable bonds is 0. The summed E-state index contributed by atoms with van der Waals surface area (Å²) in [7, 11) is 0. The molecule has 2 nitrogen and oxygen atoms in total. The van der Waals surface area contributed by atoms with Gasteiger partial charge < -0.3 is 0 Å². The number of fused-ring (bicyclic) bond motifs is 5. The Morgan fingerprint density at radius 2 is 1.95 bits per heavy atom. The van der Waals surface area contributed by atoms with Gasteiger partial charge in [-0.05, 0) is 60.3 Å². The first-order valence-electron chi connectivity index (χ1n) is 8.69. The molecule has 0 spiro atoms. The van der Waals surface area contributed by atoms with E-state index in [2.05, 4.69) is 19.9 Å². The third-order valence-electron chi connectivity index (χ3n) is 7.50. The fourth-order valence-electron chi connectivity index (χ4n) is 6.47. The molecular weight excluding hydrogens is 260 g/mol. The van der Waals surface area contributed by atoms with Crippen molar-refractivity contribution in [3.8, 4) is 0 Å². The third kappa shape index (κ3) is 1.77. The molecule has 0 heterocycles. The van der Waals surface area contributed by atoms with E-state index in [0.717, 1.165) is 25.2 Å². The Hall–Kier alpha value is -0.920. The van der Waals surface area contributed by atoms with Crippen LogP contribution < -0.4 is 0 Å². The van der Waals surface area contributed by atoms with Gasteiger partial charge in [0.25, 0.3) is 0 Å². The fourth-order valence-corrected chi connectivity index (χ4v) is 6.47. The molecule has 0 amide bonds.